The smallest absolute Gasteiger partial charge is 0.303 e. The first kappa shape index (κ1) is 17.6. The van der Waals surface area contributed by atoms with Gasteiger partial charge in [-0.1, -0.05) is 0 Å². The van der Waals surface area contributed by atoms with Crippen LogP contribution in [0.3, 0.4) is 0 Å². The second-order valence-electron chi connectivity index (χ2n) is 5.16. The SMILES string of the molecule is COc1cc2c(N(C)CCCC(=O)O)ncnc2c(OC)c1OC. The van der Waals surface area contributed by atoms with E-state index in [1.807, 2.05) is 11.9 Å². The lowest BCUT2D eigenvalue weighted by Gasteiger charge is -2.21. The van der Waals surface area contributed by atoms with Crippen LogP contribution in [0.4, 0.5) is 5.82 Å². The molecule has 0 aliphatic rings. The lowest BCUT2D eigenvalue weighted by atomic mass is 10.1. The van der Waals surface area contributed by atoms with Gasteiger partial charge in [0.2, 0.25) is 5.75 Å². The zero-order chi connectivity index (χ0) is 17.7. The molecule has 1 N–H and O–H groups in total. The number of hydrogen-bond acceptors (Lipinski definition) is 7. The van der Waals surface area contributed by atoms with Crippen molar-refractivity contribution in [2.45, 2.75) is 12.8 Å². The Morgan fingerprint density at radius 3 is 2.46 bits per heavy atom. The molecule has 0 radical (unpaired) electrons. The van der Waals surface area contributed by atoms with Crippen LogP contribution in [0.25, 0.3) is 10.9 Å². The highest BCUT2D eigenvalue weighted by Gasteiger charge is 2.20. The van der Waals surface area contributed by atoms with Gasteiger partial charge in [0, 0.05) is 20.0 Å². The van der Waals surface area contributed by atoms with E-state index >= 15 is 0 Å². The largest absolute Gasteiger partial charge is 0.493 e. The topological polar surface area (TPSA) is 94.0 Å². The van der Waals surface area contributed by atoms with Gasteiger partial charge >= 0.3 is 5.97 Å². The standard InChI is InChI=1S/C16H21N3O5/c1-19(7-5-6-12(20)21)16-10-8-11(22-2)14(23-3)15(24-4)13(10)17-9-18-16/h8-9H,5-7H2,1-4H3,(H,20,21). The van der Waals surface area contributed by atoms with Crippen molar-refractivity contribution < 1.29 is 24.1 Å². The van der Waals surface area contributed by atoms with Crippen molar-refractivity contribution in [1.29, 1.82) is 0 Å². The molecule has 0 saturated carbocycles. The molecule has 0 aliphatic heterocycles. The number of aliphatic carboxylic acids is 1. The number of aromatic nitrogens is 2. The van der Waals surface area contributed by atoms with E-state index < -0.39 is 5.97 Å². The monoisotopic (exact) mass is 335 g/mol. The van der Waals surface area contributed by atoms with Crippen LogP contribution in [-0.4, -0.2) is 56.0 Å². The molecular weight excluding hydrogens is 314 g/mol. The number of hydrogen-bond donors (Lipinski definition) is 1. The number of nitrogens with zero attached hydrogens (tertiary/aromatic N) is 3. The molecule has 2 aromatic rings. The average molecular weight is 335 g/mol. The molecule has 0 saturated heterocycles. The normalized spacial score (nSPS) is 10.5. The van der Waals surface area contributed by atoms with Gasteiger partial charge in [-0.05, 0) is 12.5 Å². The second kappa shape index (κ2) is 7.67. The third-order valence-electron chi connectivity index (χ3n) is 3.66. The molecule has 0 amide bonds. The van der Waals surface area contributed by atoms with Crippen LogP contribution in [0.5, 0.6) is 17.2 Å². The van der Waals surface area contributed by atoms with Crippen LogP contribution >= 0.6 is 0 Å². The molecule has 1 aromatic carbocycles. The Balaban J connectivity index is 2.50. The fourth-order valence-corrected chi connectivity index (χ4v) is 2.53. The molecule has 0 fully saturated rings. The predicted molar refractivity (Wildman–Crippen MR) is 89.3 cm³/mol. The summed E-state index contributed by atoms with van der Waals surface area (Å²) in [7, 11) is 6.47. The summed E-state index contributed by atoms with van der Waals surface area (Å²) >= 11 is 0. The van der Waals surface area contributed by atoms with E-state index in [0.717, 1.165) is 5.39 Å². The van der Waals surface area contributed by atoms with Gasteiger partial charge in [0.05, 0.1) is 26.7 Å². The lowest BCUT2D eigenvalue weighted by molar-refractivity contribution is -0.137. The third-order valence-corrected chi connectivity index (χ3v) is 3.66. The highest BCUT2D eigenvalue weighted by Crippen LogP contribution is 2.44. The van der Waals surface area contributed by atoms with Crippen LogP contribution < -0.4 is 19.1 Å². The number of carboxylic acids is 1. The van der Waals surface area contributed by atoms with Crippen molar-refractivity contribution in [3.05, 3.63) is 12.4 Å². The maximum atomic E-state index is 10.7. The first-order valence-corrected chi connectivity index (χ1v) is 7.40. The minimum Gasteiger partial charge on any atom is -0.493 e. The fraction of sp³-hybridized carbons (Fsp3) is 0.438. The molecule has 1 heterocycles. The summed E-state index contributed by atoms with van der Waals surface area (Å²) in [6.45, 7) is 0.551. The minimum atomic E-state index is -0.816. The molecule has 0 atom stereocenters. The third kappa shape index (κ3) is 3.42. The summed E-state index contributed by atoms with van der Waals surface area (Å²) in [5.41, 5.74) is 0.602. The highest BCUT2D eigenvalue weighted by molar-refractivity contribution is 5.96. The number of fused-ring (bicyclic) bond motifs is 1. The Morgan fingerprint density at radius 1 is 1.17 bits per heavy atom. The molecule has 0 unspecified atom stereocenters. The van der Waals surface area contributed by atoms with Crippen LogP contribution in [0.2, 0.25) is 0 Å². The zero-order valence-electron chi connectivity index (χ0n) is 14.2. The van der Waals surface area contributed by atoms with Crippen molar-refractivity contribution in [2.24, 2.45) is 0 Å². The van der Waals surface area contributed by atoms with Crippen molar-refractivity contribution in [3.8, 4) is 17.2 Å². The highest BCUT2D eigenvalue weighted by atomic mass is 16.5. The number of anilines is 1. The van der Waals surface area contributed by atoms with Crippen LogP contribution in [0, 0.1) is 0 Å². The Bertz CT molecular complexity index is 735. The van der Waals surface area contributed by atoms with E-state index in [2.05, 4.69) is 9.97 Å². The molecular formula is C16H21N3O5. The molecule has 8 heteroatoms. The zero-order valence-corrected chi connectivity index (χ0v) is 14.2. The van der Waals surface area contributed by atoms with Crippen LogP contribution in [-0.2, 0) is 4.79 Å². The quantitative estimate of drug-likeness (QED) is 0.782. The molecule has 0 spiro atoms. The average Bonchev–Trinajstić information content (AvgIpc) is 2.58. The maximum absolute atomic E-state index is 10.7. The summed E-state index contributed by atoms with van der Waals surface area (Å²) in [4.78, 5) is 21.2. The van der Waals surface area contributed by atoms with Crippen molar-refractivity contribution in [3.63, 3.8) is 0 Å². The van der Waals surface area contributed by atoms with Gasteiger partial charge in [0.1, 0.15) is 17.7 Å². The van der Waals surface area contributed by atoms with E-state index in [4.69, 9.17) is 19.3 Å². The van der Waals surface area contributed by atoms with Gasteiger partial charge in [0.15, 0.2) is 11.5 Å². The van der Waals surface area contributed by atoms with E-state index in [9.17, 15) is 4.79 Å². The van der Waals surface area contributed by atoms with Gasteiger partial charge in [0.25, 0.3) is 0 Å². The fourth-order valence-electron chi connectivity index (χ4n) is 2.53. The first-order chi connectivity index (χ1) is 11.5. The molecule has 2 rings (SSSR count). The van der Waals surface area contributed by atoms with Gasteiger partial charge in [-0.25, -0.2) is 9.97 Å². The summed E-state index contributed by atoms with van der Waals surface area (Å²) in [6, 6.07) is 1.79. The second-order valence-corrected chi connectivity index (χ2v) is 5.16. The van der Waals surface area contributed by atoms with Crippen molar-refractivity contribution in [2.75, 3.05) is 39.8 Å². The Hall–Kier alpha value is -2.77. The number of carboxylic acid groups (broad SMARTS) is 1. The summed E-state index contributed by atoms with van der Waals surface area (Å²) in [6.07, 6.45) is 2.06. The summed E-state index contributed by atoms with van der Waals surface area (Å²) in [5, 5.41) is 9.51. The van der Waals surface area contributed by atoms with Crippen molar-refractivity contribution >= 4 is 22.7 Å². The maximum Gasteiger partial charge on any atom is 0.303 e. The molecule has 130 valence electrons. The Kier molecular flexibility index (Phi) is 5.62. The minimum absolute atomic E-state index is 0.105. The summed E-state index contributed by atoms with van der Waals surface area (Å²) < 4.78 is 16.2. The molecule has 1 aromatic heterocycles. The van der Waals surface area contributed by atoms with E-state index in [-0.39, 0.29) is 6.42 Å². The van der Waals surface area contributed by atoms with Crippen molar-refractivity contribution in [1.82, 2.24) is 9.97 Å². The van der Waals surface area contributed by atoms with E-state index in [0.29, 0.717) is 41.5 Å². The predicted octanol–water partition coefficient (Wildman–Crippen LogP) is 1.96. The van der Waals surface area contributed by atoms with E-state index in [1.165, 1.54) is 20.5 Å². The number of ether oxygens (including phenoxy) is 3. The van der Waals surface area contributed by atoms with Crippen LogP contribution in [0.15, 0.2) is 12.4 Å². The number of rotatable bonds is 8. The number of benzene rings is 1. The lowest BCUT2D eigenvalue weighted by Crippen LogP contribution is -2.21. The molecule has 24 heavy (non-hydrogen) atoms. The molecule has 0 aliphatic carbocycles. The van der Waals surface area contributed by atoms with Gasteiger partial charge in [-0.3, -0.25) is 4.79 Å². The van der Waals surface area contributed by atoms with E-state index in [1.54, 1.807) is 13.2 Å². The van der Waals surface area contributed by atoms with Gasteiger partial charge < -0.3 is 24.2 Å². The first-order valence-electron chi connectivity index (χ1n) is 7.40. The summed E-state index contributed by atoms with van der Waals surface area (Å²) in [5.74, 6) is 1.30. The molecule has 8 nitrogen and oxygen atoms in total. The van der Waals surface area contributed by atoms with Gasteiger partial charge in [-0.15, -0.1) is 0 Å². The Morgan fingerprint density at radius 2 is 1.88 bits per heavy atom. The van der Waals surface area contributed by atoms with Crippen LogP contribution in [0.1, 0.15) is 12.8 Å². The number of methoxy groups -OCH3 is 3. The Labute approximate surface area is 140 Å². The number of carbonyl (C=O) groups is 1. The molecule has 0 bridgehead atoms. The van der Waals surface area contributed by atoms with Gasteiger partial charge in [-0.2, -0.15) is 0 Å².